The molecule has 0 radical (unpaired) electrons. The number of carbonyl (C=O) groups is 1. The van der Waals surface area contributed by atoms with E-state index in [0.29, 0.717) is 6.54 Å². The van der Waals surface area contributed by atoms with E-state index in [1.165, 1.54) is 12.8 Å². The van der Waals surface area contributed by atoms with E-state index in [9.17, 15) is 13.2 Å². The number of piperidine rings is 1. The molecule has 0 aromatic heterocycles. The van der Waals surface area contributed by atoms with E-state index in [0.717, 1.165) is 50.0 Å². The maximum absolute atomic E-state index is 12.9. The van der Waals surface area contributed by atoms with Crippen LogP contribution >= 0.6 is 0 Å². The second kappa shape index (κ2) is 8.26. The van der Waals surface area contributed by atoms with Gasteiger partial charge in [0.15, 0.2) is 0 Å². The van der Waals surface area contributed by atoms with Gasteiger partial charge in [-0.25, -0.2) is 17.9 Å². The Kier molecular flexibility index (Phi) is 6.03. The molecule has 7 nitrogen and oxygen atoms in total. The van der Waals surface area contributed by atoms with E-state index < -0.39 is 10.0 Å². The monoisotopic (exact) mass is 380 g/mol. The molecule has 0 bridgehead atoms. The smallest absolute Gasteiger partial charge is 0.322 e. The van der Waals surface area contributed by atoms with Gasteiger partial charge in [0.1, 0.15) is 0 Å². The lowest BCUT2D eigenvalue weighted by Gasteiger charge is -2.36. The van der Waals surface area contributed by atoms with Crippen molar-refractivity contribution in [3.8, 4) is 0 Å². The first kappa shape index (κ1) is 19.0. The van der Waals surface area contributed by atoms with Crippen molar-refractivity contribution in [2.45, 2.75) is 38.1 Å². The third-order valence-corrected chi connectivity index (χ3v) is 5.75. The van der Waals surface area contributed by atoms with Crippen LogP contribution in [0.15, 0.2) is 24.3 Å². The van der Waals surface area contributed by atoms with Gasteiger partial charge in [0, 0.05) is 32.2 Å². The van der Waals surface area contributed by atoms with Crippen LogP contribution in [-0.2, 0) is 10.0 Å². The van der Waals surface area contributed by atoms with Gasteiger partial charge < -0.3 is 15.1 Å². The number of hydrogen-bond donors (Lipinski definition) is 2. The first-order valence-corrected chi connectivity index (χ1v) is 11.2. The summed E-state index contributed by atoms with van der Waals surface area (Å²) in [6.07, 6.45) is 6.25. The average Bonchev–Trinajstić information content (AvgIpc) is 3.14. The van der Waals surface area contributed by atoms with Gasteiger partial charge in [-0.05, 0) is 44.2 Å². The van der Waals surface area contributed by atoms with Gasteiger partial charge in [-0.2, -0.15) is 0 Å². The summed E-state index contributed by atoms with van der Waals surface area (Å²) in [6.45, 7) is 2.93. The van der Waals surface area contributed by atoms with Crippen LogP contribution in [0.1, 0.15) is 32.1 Å². The van der Waals surface area contributed by atoms with Gasteiger partial charge in [0.2, 0.25) is 10.0 Å². The van der Waals surface area contributed by atoms with Crippen molar-refractivity contribution in [1.29, 1.82) is 0 Å². The Morgan fingerprint density at radius 3 is 2.54 bits per heavy atom. The Labute approximate surface area is 155 Å². The van der Waals surface area contributed by atoms with Gasteiger partial charge in [0.05, 0.1) is 17.6 Å². The van der Waals surface area contributed by atoms with Gasteiger partial charge >= 0.3 is 6.03 Å². The average molecular weight is 381 g/mol. The molecule has 8 heteroatoms. The number of benzene rings is 1. The molecule has 2 fully saturated rings. The molecule has 26 heavy (non-hydrogen) atoms. The summed E-state index contributed by atoms with van der Waals surface area (Å²) < 4.78 is 25.3. The Hall–Kier alpha value is -1.80. The fourth-order valence-electron chi connectivity index (χ4n) is 3.73. The predicted molar refractivity (Wildman–Crippen MR) is 104 cm³/mol. The van der Waals surface area contributed by atoms with Crippen molar-refractivity contribution in [3.05, 3.63) is 24.3 Å². The van der Waals surface area contributed by atoms with E-state index >= 15 is 0 Å². The van der Waals surface area contributed by atoms with Crippen LogP contribution in [0.2, 0.25) is 0 Å². The van der Waals surface area contributed by atoms with E-state index in [2.05, 4.69) is 14.9 Å². The zero-order valence-electron chi connectivity index (χ0n) is 15.3. The summed E-state index contributed by atoms with van der Waals surface area (Å²) in [4.78, 5) is 17.0. The summed E-state index contributed by atoms with van der Waals surface area (Å²) in [5.74, 6) is 0. The summed E-state index contributed by atoms with van der Waals surface area (Å²) in [6, 6.07) is 7.62. The Balaban J connectivity index is 1.70. The highest BCUT2D eigenvalue weighted by molar-refractivity contribution is 7.88. The van der Waals surface area contributed by atoms with Crippen LogP contribution < -0.4 is 14.9 Å². The number of likely N-dealkylation sites (tertiary alicyclic amines) is 1. The van der Waals surface area contributed by atoms with Crippen molar-refractivity contribution < 1.29 is 13.2 Å². The molecule has 2 aliphatic rings. The van der Waals surface area contributed by atoms with E-state index in [4.69, 9.17) is 0 Å². The highest BCUT2D eigenvalue weighted by Crippen LogP contribution is 2.29. The molecule has 2 saturated heterocycles. The van der Waals surface area contributed by atoms with E-state index in [-0.39, 0.29) is 18.6 Å². The molecular formula is C18H28N4O3S. The van der Waals surface area contributed by atoms with Crippen molar-refractivity contribution in [2.24, 2.45) is 0 Å². The second-order valence-corrected chi connectivity index (χ2v) is 8.94. The minimum absolute atomic E-state index is 0.113. The number of rotatable bonds is 5. The third kappa shape index (κ3) is 4.88. The number of hydrogen-bond acceptors (Lipinski definition) is 4. The molecule has 0 saturated carbocycles. The minimum Gasteiger partial charge on any atom is -0.370 e. The molecule has 1 aromatic rings. The maximum atomic E-state index is 12.9. The lowest BCUT2D eigenvalue weighted by molar-refractivity contribution is 0.164. The van der Waals surface area contributed by atoms with E-state index in [1.807, 2.05) is 24.3 Å². The van der Waals surface area contributed by atoms with Gasteiger partial charge in [0.25, 0.3) is 0 Å². The van der Waals surface area contributed by atoms with Crippen molar-refractivity contribution in [2.75, 3.05) is 42.7 Å². The molecule has 2 heterocycles. The summed E-state index contributed by atoms with van der Waals surface area (Å²) >= 11 is 0. The van der Waals surface area contributed by atoms with Crippen LogP contribution in [0.5, 0.6) is 0 Å². The first-order valence-electron chi connectivity index (χ1n) is 9.30. The van der Waals surface area contributed by atoms with Gasteiger partial charge in [-0.3, -0.25) is 0 Å². The highest BCUT2D eigenvalue weighted by Gasteiger charge is 2.28. The second-order valence-electron chi connectivity index (χ2n) is 7.11. The Bertz CT molecular complexity index is 732. The molecule has 0 unspecified atom stereocenters. The summed E-state index contributed by atoms with van der Waals surface area (Å²) in [7, 11) is -3.26. The molecule has 0 spiro atoms. The molecule has 3 rings (SSSR count). The van der Waals surface area contributed by atoms with Crippen LogP contribution in [0, 0.1) is 0 Å². The molecule has 2 N–H and O–H groups in total. The number of nitrogens with one attached hydrogen (secondary N) is 2. The largest absolute Gasteiger partial charge is 0.370 e. The Morgan fingerprint density at radius 2 is 1.81 bits per heavy atom. The molecular weight excluding hydrogens is 352 g/mol. The van der Waals surface area contributed by atoms with Crippen molar-refractivity contribution in [1.82, 2.24) is 9.62 Å². The number of amides is 2. The van der Waals surface area contributed by atoms with Crippen LogP contribution in [0.4, 0.5) is 16.2 Å². The van der Waals surface area contributed by atoms with Gasteiger partial charge in [-0.1, -0.05) is 12.1 Å². The normalized spacial score (nSPS) is 21.0. The molecule has 1 atom stereocenters. The number of nitrogens with zero attached hydrogens (tertiary/aromatic N) is 2. The van der Waals surface area contributed by atoms with Crippen LogP contribution in [-0.4, -0.2) is 57.8 Å². The molecule has 1 aromatic carbocycles. The lowest BCUT2D eigenvalue weighted by atomic mass is 10.0. The third-order valence-electron chi connectivity index (χ3n) is 5.06. The quantitative estimate of drug-likeness (QED) is 0.821. The number of carbonyl (C=O) groups excluding carboxylic acids is 1. The fourth-order valence-corrected chi connectivity index (χ4v) is 4.22. The molecule has 0 aliphatic carbocycles. The Morgan fingerprint density at radius 1 is 1.12 bits per heavy atom. The van der Waals surface area contributed by atoms with E-state index in [1.54, 1.807) is 4.90 Å². The predicted octanol–water partition coefficient (Wildman–Crippen LogP) is 2.22. The number of para-hydroxylation sites is 2. The van der Waals surface area contributed by atoms with Crippen molar-refractivity contribution >= 4 is 27.4 Å². The van der Waals surface area contributed by atoms with Crippen LogP contribution in [0.25, 0.3) is 0 Å². The highest BCUT2D eigenvalue weighted by atomic mass is 32.2. The standard InChI is InChI=1S/C18H28N4O3S/c1-26(24,25)19-14-15-8-4-5-13-22(15)18(23)20-16-9-2-3-10-17(16)21-11-6-7-12-21/h2-3,9-10,15,19H,4-8,11-14H2,1H3,(H,20,23)/t15-/m0/s1. The van der Waals surface area contributed by atoms with Gasteiger partial charge in [-0.15, -0.1) is 0 Å². The number of urea groups is 1. The summed E-state index contributed by atoms with van der Waals surface area (Å²) in [5, 5.41) is 3.05. The summed E-state index contributed by atoms with van der Waals surface area (Å²) in [5.41, 5.74) is 1.88. The number of sulfonamides is 1. The zero-order valence-corrected chi connectivity index (χ0v) is 16.1. The first-order chi connectivity index (χ1) is 12.4. The molecule has 2 amide bonds. The topological polar surface area (TPSA) is 81.8 Å². The minimum atomic E-state index is -3.26. The molecule has 2 aliphatic heterocycles. The number of anilines is 2. The van der Waals surface area contributed by atoms with Crippen molar-refractivity contribution in [3.63, 3.8) is 0 Å². The zero-order chi connectivity index (χ0) is 18.6. The fraction of sp³-hybridized carbons (Fsp3) is 0.611. The van der Waals surface area contributed by atoms with Crippen LogP contribution in [0.3, 0.4) is 0 Å². The molecule has 144 valence electrons. The lowest BCUT2D eigenvalue weighted by Crippen LogP contribution is -2.50. The SMILES string of the molecule is CS(=O)(=O)NC[C@@H]1CCCCN1C(=O)Nc1ccccc1N1CCCC1. The maximum Gasteiger partial charge on any atom is 0.322 e.